The Hall–Kier alpha value is -6.83. The Kier molecular flexibility index (Phi) is 6.68. The molecule has 2 aliphatic rings. The largest absolute Gasteiger partial charge is 0.283 e. The Morgan fingerprint density at radius 1 is 0.544 bits per heavy atom. The van der Waals surface area contributed by atoms with Crippen molar-refractivity contribution < 1.29 is 0 Å². The second-order valence-corrected chi connectivity index (χ2v) is 17.0. The number of hydrogen-bond donors (Lipinski definition) is 0. The van der Waals surface area contributed by atoms with E-state index in [0.29, 0.717) is 11.3 Å². The number of fused-ring (bicyclic) bond motifs is 9. The molecule has 270 valence electrons. The Morgan fingerprint density at radius 2 is 0.947 bits per heavy atom. The first kappa shape index (κ1) is 33.5. The number of aryl methyl sites for hydroxylation is 4. The molecular weight excluding hydrogens is 696 g/mol. The van der Waals surface area contributed by atoms with Crippen LogP contribution >= 0.6 is 0 Å². The molecule has 9 aromatic rings. The van der Waals surface area contributed by atoms with Crippen LogP contribution in [0.15, 0.2) is 97.1 Å². The van der Waals surface area contributed by atoms with E-state index in [4.69, 9.17) is 9.97 Å². The third kappa shape index (κ3) is 4.21. The van der Waals surface area contributed by atoms with Crippen LogP contribution < -0.4 is 32.8 Å². The normalized spacial score (nSPS) is 13.1. The molecule has 0 aliphatic carbocycles. The fourth-order valence-electron chi connectivity index (χ4n) is 10.4. The summed E-state index contributed by atoms with van der Waals surface area (Å²) in [6, 6.07) is 39.8. The van der Waals surface area contributed by atoms with Crippen molar-refractivity contribution in [1.82, 2.24) is 23.3 Å². The highest BCUT2D eigenvalue weighted by atomic mass is 15.2. The van der Waals surface area contributed by atoms with Crippen LogP contribution in [0.4, 0.5) is 0 Å². The van der Waals surface area contributed by atoms with Crippen LogP contribution in [0.1, 0.15) is 60.0 Å². The van der Waals surface area contributed by atoms with E-state index in [9.17, 15) is 10.5 Å². The topological polar surface area (TPSA) is 87.1 Å². The highest BCUT2D eigenvalue weighted by Gasteiger charge is 2.46. The van der Waals surface area contributed by atoms with Gasteiger partial charge >= 0.3 is 0 Å². The van der Waals surface area contributed by atoms with Crippen molar-refractivity contribution >= 4 is 90.6 Å². The minimum absolute atomic E-state index is 0.00997. The van der Waals surface area contributed by atoms with E-state index in [0.717, 1.165) is 33.1 Å². The minimum Gasteiger partial charge on any atom is -0.283 e. The van der Waals surface area contributed by atoms with Crippen molar-refractivity contribution in [3.05, 3.63) is 136 Å². The van der Waals surface area contributed by atoms with Gasteiger partial charge in [-0.1, -0.05) is 139 Å². The summed E-state index contributed by atoms with van der Waals surface area (Å²) in [5.41, 5.74) is 19.8. The molecule has 0 N–H and O–H groups in total. The minimum atomic E-state index is -0.144. The second kappa shape index (κ2) is 11.4. The van der Waals surface area contributed by atoms with Crippen molar-refractivity contribution in [2.24, 2.45) is 0 Å². The molecule has 5 aromatic carbocycles. The van der Waals surface area contributed by atoms with Gasteiger partial charge in [0.1, 0.15) is 23.4 Å². The molecule has 57 heavy (non-hydrogen) atoms. The van der Waals surface area contributed by atoms with Crippen LogP contribution in [0.25, 0.3) is 50.1 Å². The number of aromatic nitrogens is 5. The maximum absolute atomic E-state index is 10.4. The SMILES string of the molecule is Cc1cccc(C)c1B1c2cc(C(C)(C)C)cc3c2-n2c4c1c1ccccc1n4c1nc(C#N)c(C#N)nc1n1c4ccccc4c(c21)B3c1c(C)cccc1C. The van der Waals surface area contributed by atoms with Gasteiger partial charge in [-0.3, -0.25) is 13.4 Å². The molecule has 9 heteroatoms. The molecule has 0 spiro atoms. The lowest BCUT2D eigenvalue weighted by Crippen LogP contribution is -2.64. The lowest BCUT2D eigenvalue weighted by molar-refractivity contribution is 0.591. The van der Waals surface area contributed by atoms with Crippen LogP contribution in [0.3, 0.4) is 0 Å². The van der Waals surface area contributed by atoms with E-state index in [1.165, 1.54) is 66.3 Å². The fourth-order valence-corrected chi connectivity index (χ4v) is 10.4. The van der Waals surface area contributed by atoms with Crippen molar-refractivity contribution in [2.75, 3.05) is 0 Å². The number of para-hydroxylation sites is 2. The summed E-state index contributed by atoms with van der Waals surface area (Å²) in [4.78, 5) is 10.2. The number of nitriles is 2. The number of rotatable bonds is 2. The molecule has 7 nitrogen and oxygen atoms in total. The van der Waals surface area contributed by atoms with Gasteiger partial charge in [-0.2, -0.15) is 10.5 Å². The van der Waals surface area contributed by atoms with Crippen LogP contribution in [0.2, 0.25) is 0 Å². The van der Waals surface area contributed by atoms with Gasteiger partial charge in [-0.25, -0.2) is 9.97 Å². The molecule has 0 fully saturated rings. The highest BCUT2D eigenvalue weighted by Crippen LogP contribution is 2.36. The molecule has 4 aromatic heterocycles. The number of hydrogen-bond acceptors (Lipinski definition) is 4. The third-order valence-corrected chi connectivity index (χ3v) is 12.8. The van der Waals surface area contributed by atoms with Gasteiger partial charge in [-0.05, 0) is 83.4 Å². The molecule has 0 amide bonds. The summed E-state index contributed by atoms with van der Waals surface area (Å²) in [6.07, 6.45) is 0. The second-order valence-electron chi connectivity index (χ2n) is 17.0. The van der Waals surface area contributed by atoms with Crippen LogP contribution in [0, 0.1) is 50.4 Å². The van der Waals surface area contributed by atoms with Gasteiger partial charge in [0.15, 0.2) is 22.7 Å². The van der Waals surface area contributed by atoms with Crippen molar-refractivity contribution in [3.8, 4) is 17.8 Å². The summed E-state index contributed by atoms with van der Waals surface area (Å²) >= 11 is 0. The van der Waals surface area contributed by atoms with Gasteiger partial charge in [0, 0.05) is 5.69 Å². The molecular formula is C48H37B2N7. The summed E-state index contributed by atoms with van der Waals surface area (Å²) in [5, 5.41) is 23.1. The van der Waals surface area contributed by atoms with Crippen LogP contribution in [-0.2, 0) is 5.41 Å². The van der Waals surface area contributed by atoms with E-state index in [1.807, 2.05) is 0 Å². The molecule has 6 heterocycles. The standard InChI is InChI=1S/C48H37B2N7/c1-26-14-12-15-27(2)39(26)49-33-22-30(48(5,6)7)23-34-43(33)57-46-41(49)31-18-8-10-20-37(31)55(46)44-45(54-36(25-52)35(24-51)53-44)56-38-21-11-9-19-32(38)42(47(56)57)50(34)40-28(3)16-13-17-29(40)4/h8-23H,1-7H3. The molecule has 2 aliphatic heterocycles. The monoisotopic (exact) mass is 733 g/mol. The van der Waals surface area contributed by atoms with Gasteiger partial charge in [0.05, 0.1) is 11.0 Å². The van der Waals surface area contributed by atoms with Crippen LogP contribution in [-0.4, -0.2) is 36.8 Å². The maximum Gasteiger partial charge on any atom is 0.250 e. The molecule has 0 atom stereocenters. The van der Waals surface area contributed by atoms with Crippen LogP contribution in [0.5, 0.6) is 0 Å². The average Bonchev–Trinajstić information content (AvgIpc) is 3.67. The Bertz CT molecular complexity index is 3180. The predicted octanol–water partition coefficient (Wildman–Crippen LogP) is 5.73. The number of benzene rings is 5. The van der Waals surface area contributed by atoms with Crippen molar-refractivity contribution in [3.63, 3.8) is 0 Å². The molecule has 0 saturated carbocycles. The zero-order valence-electron chi connectivity index (χ0n) is 33.0. The Labute approximate surface area is 331 Å². The molecule has 0 unspecified atom stereocenters. The van der Waals surface area contributed by atoms with E-state index in [-0.39, 0.29) is 30.2 Å². The molecule has 0 saturated heterocycles. The first-order chi connectivity index (χ1) is 27.5. The fraction of sp³-hybridized carbons (Fsp3) is 0.167. The van der Waals surface area contributed by atoms with E-state index in [1.54, 1.807) is 0 Å². The van der Waals surface area contributed by atoms with E-state index < -0.39 is 0 Å². The third-order valence-electron chi connectivity index (χ3n) is 12.8. The first-order valence-corrected chi connectivity index (χ1v) is 19.6. The maximum atomic E-state index is 10.4. The first-order valence-electron chi connectivity index (χ1n) is 19.6. The zero-order chi connectivity index (χ0) is 39.2. The van der Waals surface area contributed by atoms with Gasteiger partial charge in [-0.15, -0.1) is 0 Å². The smallest absolute Gasteiger partial charge is 0.250 e. The molecule has 11 rings (SSSR count). The summed E-state index contributed by atoms with van der Waals surface area (Å²) < 4.78 is 6.95. The zero-order valence-corrected chi connectivity index (χ0v) is 33.0. The Morgan fingerprint density at radius 3 is 1.33 bits per heavy atom. The molecule has 0 bridgehead atoms. The van der Waals surface area contributed by atoms with E-state index >= 15 is 0 Å². The average molecular weight is 733 g/mol. The number of nitrogens with zero attached hydrogens (tertiary/aromatic N) is 7. The van der Waals surface area contributed by atoms with Gasteiger partial charge in [0.25, 0.3) is 0 Å². The Balaban J connectivity index is 1.55. The summed E-state index contributed by atoms with van der Waals surface area (Å²) in [6.45, 7) is 15.7. The van der Waals surface area contributed by atoms with Crippen molar-refractivity contribution in [2.45, 2.75) is 53.9 Å². The lowest BCUT2D eigenvalue weighted by Gasteiger charge is -2.37. The predicted molar refractivity (Wildman–Crippen MR) is 234 cm³/mol. The van der Waals surface area contributed by atoms with Gasteiger partial charge in [0.2, 0.25) is 13.4 Å². The van der Waals surface area contributed by atoms with Gasteiger partial charge < -0.3 is 0 Å². The highest BCUT2D eigenvalue weighted by molar-refractivity contribution is 7.03. The molecule has 0 radical (unpaired) electrons. The summed E-state index contributed by atoms with van der Waals surface area (Å²) in [5.74, 6) is 0. The quantitative estimate of drug-likeness (QED) is 0.213. The summed E-state index contributed by atoms with van der Waals surface area (Å²) in [7, 11) is 0. The lowest BCUT2D eigenvalue weighted by atomic mass is 9.30. The van der Waals surface area contributed by atoms with E-state index in [2.05, 4.69) is 171 Å². The van der Waals surface area contributed by atoms with Crippen molar-refractivity contribution in [1.29, 1.82) is 10.5 Å².